The molecule has 10 nitrogen and oxygen atoms in total. The number of carbonyl (C=O) groups excluding carboxylic acids is 1. The summed E-state index contributed by atoms with van der Waals surface area (Å²) in [7, 11) is 0. The van der Waals surface area contributed by atoms with E-state index >= 15 is 0 Å². The molecular formula is C32H45N9O. The Morgan fingerprint density at radius 3 is 2.57 bits per heavy atom. The maximum absolute atomic E-state index is 12.8. The van der Waals surface area contributed by atoms with Gasteiger partial charge in [0.2, 0.25) is 5.95 Å². The molecule has 1 saturated carbocycles. The zero-order valence-corrected chi connectivity index (χ0v) is 25.2. The van der Waals surface area contributed by atoms with Crippen LogP contribution >= 0.6 is 0 Å². The zero-order chi connectivity index (χ0) is 28.7. The molecule has 1 unspecified atom stereocenters. The summed E-state index contributed by atoms with van der Waals surface area (Å²) >= 11 is 0. The Morgan fingerprint density at radius 2 is 1.83 bits per heavy atom. The minimum atomic E-state index is -0.0932. The molecule has 42 heavy (non-hydrogen) atoms. The van der Waals surface area contributed by atoms with Crippen molar-refractivity contribution >= 4 is 34.4 Å². The highest BCUT2D eigenvalue weighted by atomic mass is 16.2. The summed E-state index contributed by atoms with van der Waals surface area (Å²) in [6.07, 6.45) is 13.2. The van der Waals surface area contributed by atoms with Crippen LogP contribution in [0.5, 0.6) is 0 Å². The molecule has 1 atom stereocenters. The van der Waals surface area contributed by atoms with Crippen LogP contribution in [0.1, 0.15) is 75.7 Å². The average molecular weight is 572 g/mol. The lowest BCUT2D eigenvalue weighted by molar-refractivity contribution is 0.0833. The molecule has 0 radical (unpaired) electrons. The van der Waals surface area contributed by atoms with E-state index in [9.17, 15) is 4.79 Å². The van der Waals surface area contributed by atoms with E-state index in [1.54, 1.807) is 0 Å². The fourth-order valence-corrected chi connectivity index (χ4v) is 8.11. The smallest absolute Gasteiger partial charge is 0.268 e. The lowest BCUT2D eigenvalue weighted by Gasteiger charge is -2.42. The van der Waals surface area contributed by atoms with Crippen LogP contribution in [0.15, 0.2) is 30.6 Å². The molecule has 3 fully saturated rings. The van der Waals surface area contributed by atoms with Gasteiger partial charge in [0.05, 0.1) is 17.4 Å². The molecule has 2 saturated heterocycles. The van der Waals surface area contributed by atoms with Crippen molar-refractivity contribution in [1.29, 1.82) is 0 Å². The van der Waals surface area contributed by atoms with E-state index in [0.29, 0.717) is 24.2 Å². The highest BCUT2D eigenvalue weighted by molar-refractivity contribution is 5.99. The van der Waals surface area contributed by atoms with Gasteiger partial charge in [-0.2, -0.15) is 4.98 Å². The number of piperidine rings is 1. The van der Waals surface area contributed by atoms with Crippen LogP contribution in [0.3, 0.4) is 0 Å². The van der Waals surface area contributed by atoms with Gasteiger partial charge in [-0.05, 0) is 63.4 Å². The maximum atomic E-state index is 12.8. The monoisotopic (exact) mass is 571 g/mol. The number of anilines is 3. The van der Waals surface area contributed by atoms with Crippen LogP contribution in [-0.4, -0.2) is 93.1 Å². The summed E-state index contributed by atoms with van der Waals surface area (Å²) in [5.74, 6) is 1.21. The summed E-state index contributed by atoms with van der Waals surface area (Å²) in [5.41, 5.74) is 2.61. The summed E-state index contributed by atoms with van der Waals surface area (Å²) < 4.78 is 2.21. The van der Waals surface area contributed by atoms with E-state index in [4.69, 9.17) is 9.97 Å². The van der Waals surface area contributed by atoms with Crippen molar-refractivity contribution in [3.05, 3.63) is 36.3 Å². The molecule has 10 heteroatoms. The number of nitrogens with zero attached hydrogens (tertiary/aromatic N) is 7. The molecule has 2 N–H and O–H groups in total. The lowest BCUT2D eigenvalue weighted by Crippen LogP contribution is -2.52. The topological polar surface area (TPSA) is 94.5 Å². The molecule has 3 aromatic heterocycles. The van der Waals surface area contributed by atoms with E-state index in [1.807, 2.05) is 24.5 Å². The molecule has 6 heterocycles. The number of pyridine rings is 1. The molecule has 0 bridgehead atoms. The Hall–Kier alpha value is -3.24. The van der Waals surface area contributed by atoms with Crippen molar-refractivity contribution in [2.75, 3.05) is 56.0 Å². The highest BCUT2D eigenvalue weighted by Gasteiger charge is 2.41. The second kappa shape index (κ2) is 11.4. The fraction of sp³-hybridized carbons (Fsp3) is 0.625. The molecule has 3 aliphatic heterocycles. The normalized spacial score (nSPS) is 23.1. The Labute approximate surface area is 248 Å². The molecule has 7 rings (SSSR count). The first-order valence-electron chi connectivity index (χ1n) is 16.2. The molecule has 1 aliphatic carbocycles. The quantitative estimate of drug-likeness (QED) is 0.432. The number of aromatic nitrogens is 4. The Bertz CT molecular complexity index is 1400. The van der Waals surface area contributed by atoms with Crippen LogP contribution < -0.4 is 15.5 Å². The summed E-state index contributed by atoms with van der Waals surface area (Å²) in [5, 5.41) is 7.35. The minimum Gasteiger partial charge on any atom is -0.370 e. The predicted molar refractivity (Wildman–Crippen MR) is 167 cm³/mol. The van der Waals surface area contributed by atoms with Crippen LogP contribution in [0.4, 0.5) is 17.5 Å². The number of hydrogen-bond donors (Lipinski definition) is 2. The SMILES string of the molecule is CCN(CC)C1CCN(C2CCN(c3ccc(Nc4ncc5cc6n(c5n4)C4(CCCCC4)CNC6=O)nc3)CC2)C1. The van der Waals surface area contributed by atoms with Crippen LogP contribution in [0, 0.1) is 0 Å². The second-order valence-electron chi connectivity index (χ2n) is 12.7. The maximum Gasteiger partial charge on any atom is 0.268 e. The molecule has 3 aromatic rings. The zero-order valence-electron chi connectivity index (χ0n) is 25.2. The molecule has 0 aromatic carbocycles. The standard InChI is InChI=1S/C32H45N9O/c1-3-38(4-2)26-12-17-40(21-26)24-10-15-39(16-11-24)25-8-9-28(33-20-25)36-31-34-19-23-18-27-30(42)35-22-32(13-6-5-7-14-32)41(27)29(23)37-31/h8-9,18-20,24,26H,3-7,10-17,21-22H2,1-2H3,(H,35,42)(H,33,34,36,37). The fourth-order valence-electron chi connectivity index (χ4n) is 8.11. The molecule has 224 valence electrons. The molecular weight excluding hydrogens is 526 g/mol. The van der Waals surface area contributed by atoms with Crippen LogP contribution in [0.25, 0.3) is 11.0 Å². The van der Waals surface area contributed by atoms with E-state index in [2.05, 4.69) is 54.8 Å². The third-order valence-corrected chi connectivity index (χ3v) is 10.5. The number of carbonyl (C=O) groups is 1. The summed E-state index contributed by atoms with van der Waals surface area (Å²) in [4.78, 5) is 34.8. The van der Waals surface area contributed by atoms with Gasteiger partial charge >= 0.3 is 0 Å². The lowest BCUT2D eigenvalue weighted by atomic mass is 9.80. The average Bonchev–Trinajstić information content (AvgIpc) is 3.67. The van der Waals surface area contributed by atoms with Gasteiger partial charge in [-0.3, -0.25) is 14.6 Å². The first kappa shape index (κ1) is 27.6. The largest absolute Gasteiger partial charge is 0.370 e. The number of amides is 1. The van der Waals surface area contributed by atoms with Gasteiger partial charge < -0.3 is 20.1 Å². The van der Waals surface area contributed by atoms with Gasteiger partial charge in [0.1, 0.15) is 17.2 Å². The van der Waals surface area contributed by atoms with Crippen molar-refractivity contribution in [2.24, 2.45) is 0 Å². The Morgan fingerprint density at radius 1 is 1.02 bits per heavy atom. The van der Waals surface area contributed by atoms with E-state index in [-0.39, 0.29) is 11.4 Å². The third kappa shape index (κ3) is 5.02. The van der Waals surface area contributed by atoms with Gasteiger partial charge in [-0.15, -0.1) is 0 Å². The minimum absolute atomic E-state index is 0.0238. The second-order valence-corrected chi connectivity index (χ2v) is 12.7. The number of fused-ring (bicyclic) bond motifs is 4. The number of likely N-dealkylation sites (N-methyl/N-ethyl adjacent to an activating group) is 1. The number of nitrogens with one attached hydrogen (secondary N) is 2. The Kier molecular flexibility index (Phi) is 7.52. The van der Waals surface area contributed by atoms with Crippen molar-refractivity contribution < 1.29 is 4.79 Å². The van der Waals surface area contributed by atoms with Gasteiger partial charge in [0.15, 0.2) is 0 Å². The van der Waals surface area contributed by atoms with Gasteiger partial charge in [0, 0.05) is 56.4 Å². The van der Waals surface area contributed by atoms with E-state index in [0.717, 1.165) is 61.9 Å². The summed E-state index contributed by atoms with van der Waals surface area (Å²) in [6.45, 7) is 12.1. The van der Waals surface area contributed by atoms with Gasteiger partial charge in [-0.1, -0.05) is 33.1 Å². The van der Waals surface area contributed by atoms with Crippen molar-refractivity contribution in [1.82, 2.24) is 34.6 Å². The summed E-state index contributed by atoms with van der Waals surface area (Å²) in [6, 6.07) is 7.53. The number of hydrogen-bond acceptors (Lipinski definition) is 8. The van der Waals surface area contributed by atoms with Crippen molar-refractivity contribution in [3.63, 3.8) is 0 Å². The molecule has 4 aliphatic rings. The van der Waals surface area contributed by atoms with Gasteiger partial charge in [0.25, 0.3) is 5.91 Å². The highest BCUT2D eigenvalue weighted by Crippen LogP contribution is 2.40. The van der Waals surface area contributed by atoms with E-state index < -0.39 is 0 Å². The number of likely N-dealkylation sites (tertiary alicyclic amines) is 1. The first-order valence-corrected chi connectivity index (χ1v) is 16.2. The molecule has 1 amide bonds. The van der Waals surface area contributed by atoms with Gasteiger partial charge in [-0.25, -0.2) is 9.97 Å². The van der Waals surface area contributed by atoms with E-state index in [1.165, 1.54) is 57.3 Å². The third-order valence-electron chi connectivity index (χ3n) is 10.5. The van der Waals surface area contributed by atoms with Crippen LogP contribution in [-0.2, 0) is 5.54 Å². The van der Waals surface area contributed by atoms with Crippen molar-refractivity contribution in [2.45, 2.75) is 82.8 Å². The van der Waals surface area contributed by atoms with Crippen LogP contribution in [0.2, 0.25) is 0 Å². The predicted octanol–water partition coefficient (Wildman–Crippen LogP) is 4.36. The first-order chi connectivity index (χ1) is 20.6. The number of rotatable bonds is 7. The Balaban J connectivity index is 1.01. The van der Waals surface area contributed by atoms with Crippen molar-refractivity contribution in [3.8, 4) is 0 Å². The molecule has 1 spiro atoms.